The molecule has 0 spiro atoms. The number of esters is 1. The van der Waals surface area contributed by atoms with Gasteiger partial charge >= 0.3 is 5.97 Å². The van der Waals surface area contributed by atoms with Crippen LogP contribution in [0.15, 0.2) is 60.7 Å². The molecule has 2 saturated heterocycles. The lowest BCUT2D eigenvalue weighted by Crippen LogP contribution is -2.58. The Labute approximate surface area is 162 Å². The van der Waals surface area contributed by atoms with Gasteiger partial charge in [0, 0.05) is 0 Å². The Hall–Kier alpha value is -2.31. The second-order valence-electron chi connectivity index (χ2n) is 7.09. The van der Waals surface area contributed by atoms with Crippen molar-refractivity contribution in [1.29, 1.82) is 0 Å². The number of nitrogens with zero attached hydrogens (tertiary/aromatic N) is 1. The van der Waals surface area contributed by atoms with E-state index in [2.05, 4.69) is 0 Å². The maximum Gasteiger partial charge on any atom is 0.331 e. The predicted octanol–water partition coefficient (Wildman–Crippen LogP) is 2.74. The summed E-state index contributed by atoms with van der Waals surface area (Å²) in [4.78, 5) is 26.8. The molecule has 0 bridgehead atoms. The third kappa shape index (κ3) is 3.13. The molecule has 140 valence electrons. The summed E-state index contributed by atoms with van der Waals surface area (Å²) in [5.41, 5.74) is 1.72. The molecule has 5 nitrogen and oxygen atoms in total. The minimum Gasteiger partial charge on any atom is -0.451 e. The fourth-order valence-electron chi connectivity index (χ4n) is 3.73. The van der Waals surface area contributed by atoms with Gasteiger partial charge in [0.2, 0.25) is 5.91 Å². The second-order valence-corrected chi connectivity index (χ2v) is 8.80. The summed E-state index contributed by atoms with van der Waals surface area (Å²) in [5, 5.41) is 9.84. The number of aliphatic hydroxyl groups is 1. The average Bonchev–Trinajstić information content (AvgIpc) is 2.95. The number of β-lactam (4-membered cyclic amide) rings is 1. The summed E-state index contributed by atoms with van der Waals surface area (Å²) in [5.74, 6) is -0.546. The van der Waals surface area contributed by atoms with Crippen molar-refractivity contribution >= 4 is 23.6 Å². The topological polar surface area (TPSA) is 66.8 Å². The highest BCUT2D eigenvalue weighted by Gasteiger charge is 2.61. The number of hydrogen-bond acceptors (Lipinski definition) is 5. The first-order valence-electron chi connectivity index (χ1n) is 8.94. The van der Waals surface area contributed by atoms with E-state index in [-0.39, 0.29) is 17.9 Å². The molecule has 0 aromatic heterocycles. The Morgan fingerprint density at radius 3 is 2.22 bits per heavy atom. The zero-order valence-electron chi connectivity index (χ0n) is 14.9. The molecule has 6 heteroatoms. The van der Waals surface area contributed by atoms with Crippen molar-refractivity contribution in [2.45, 2.75) is 35.6 Å². The van der Waals surface area contributed by atoms with Crippen LogP contribution in [-0.4, -0.2) is 44.7 Å². The van der Waals surface area contributed by atoms with Crippen LogP contribution in [0.25, 0.3) is 0 Å². The number of rotatable bonds is 5. The molecular weight excluding hydrogens is 362 g/mol. The van der Waals surface area contributed by atoms with E-state index in [1.165, 1.54) is 11.8 Å². The maximum absolute atomic E-state index is 13.2. The van der Waals surface area contributed by atoms with E-state index in [0.717, 1.165) is 11.1 Å². The Balaban J connectivity index is 1.65. The van der Waals surface area contributed by atoms with Crippen molar-refractivity contribution in [3.8, 4) is 0 Å². The van der Waals surface area contributed by atoms with Crippen molar-refractivity contribution in [2.75, 3.05) is 6.61 Å². The van der Waals surface area contributed by atoms with Gasteiger partial charge in [0.05, 0.1) is 23.1 Å². The van der Waals surface area contributed by atoms with Gasteiger partial charge in [-0.05, 0) is 18.1 Å². The molecule has 1 N–H and O–H groups in total. The first kappa shape index (κ1) is 18.1. The second kappa shape index (κ2) is 7.02. The molecule has 3 atom stereocenters. The van der Waals surface area contributed by atoms with Crippen LogP contribution < -0.4 is 0 Å². The van der Waals surface area contributed by atoms with E-state index < -0.39 is 22.9 Å². The van der Waals surface area contributed by atoms with Crippen LogP contribution >= 0.6 is 11.8 Å². The SMILES string of the molecule is C[C@@]1(CO)SC2CC(=O)N2C1C(=O)OC(c1ccccc1)c1ccccc1. The van der Waals surface area contributed by atoms with Crippen LogP contribution in [0.2, 0.25) is 0 Å². The zero-order chi connectivity index (χ0) is 19.0. The number of carbonyl (C=O) groups is 2. The normalized spacial score (nSPS) is 26.6. The summed E-state index contributed by atoms with van der Waals surface area (Å²) in [6, 6.07) is 18.3. The molecule has 2 aromatic carbocycles. The van der Waals surface area contributed by atoms with Crippen LogP contribution in [0.3, 0.4) is 0 Å². The minimum atomic E-state index is -0.784. The molecule has 2 fully saturated rings. The minimum absolute atomic E-state index is 0.0564. The Morgan fingerprint density at radius 2 is 1.74 bits per heavy atom. The molecule has 0 radical (unpaired) electrons. The third-order valence-corrected chi connectivity index (χ3v) is 6.74. The van der Waals surface area contributed by atoms with Gasteiger partial charge in [-0.15, -0.1) is 11.8 Å². The van der Waals surface area contributed by atoms with Crippen molar-refractivity contribution in [3.63, 3.8) is 0 Å². The number of carbonyl (C=O) groups excluding carboxylic acids is 2. The van der Waals surface area contributed by atoms with Crippen LogP contribution in [0.1, 0.15) is 30.6 Å². The molecule has 2 unspecified atom stereocenters. The third-order valence-electron chi connectivity index (χ3n) is 5.19. The summed E-state index contributed by atoms with van der Waals surface area (Å²) < 4.78 is 5.19. The van der Waals surface area contributed by atoms with Gasteiger partial charge in [0.25, 0.3) is 0 Å². The highest BCUT2D eigenvalue weighted by Crippen LogP contribution is 2.51. The van der Waals surface area contributed by atoms with E-state index in [1.54, 1.807) is 4.90 Å². The molecule has 2 aliphatic heterocycles. The predicted molar refractivity (Wildman–Crippen MR) is 103 cm³/mol. The standard InChI is InChI=1S/C21H21NO4S/c1-21(13-23)19(22-16(24)12-17(22)27-21)20(25)26-18(14-8-4-2-5-9-14)15-10-6-3-7-11-15/h2-11,17-19,23H,12-13H2,1H3/t17?,19?,21-/m0/s1. The molecule has 0 saturated carbocycles. The lowest BCUT2D eigenvalue weighted by atomic mass is 9.96. The first-order valence-corrected chi connectivity index (χ1v) is 9.82. The fourth-order valence-corrected chi connectivity index (χ4v) is 5.34. The van der Waals surface area contributed by atoms with E-state index in [4.69, 9.17) is 4.74 Å². The van der Waals surface area contributed by atoms with E-state index in [9.17, 15) is 14.7 Å². The van der Waals surface area contributed by atoms with E-state index >= 15 is 0 Å². The molecular formula is C21H21NO4S. The number of thioether (sulfide) groups is 1. The quantitative estimate of drug-likeness (QED) is 0.635. The van der Waals surface area contributed by atoms with Gasteiger partial charge in [-0.2, -0.15) is 0 Å². The average molecular weight is 383 g/mol. The van der Waals surface area contributed by atoms with Crippen molar-refractivity contribution in [3.05, 3.63) is 71.8 Å². The van der Waals surface area contributed by atoms with Gasteiger partial charge in [-0.25, -0.2) is 4.79 Å². The largest absolute Gasteiger partial charge is 0.451 e. The van der Waals surface area contributed by atoms with Crippen molar-refractivity contribution in [1.82, 2.24) is 4.90 Å². The van der Waals surface area contributed by atoms with Crippen LogP contribution in [0.5, 0.6) is 0 Å². The number of ether oxygens (including phenoxy) is 1. The van der Waals surface area contributed by atoms with Crippen LogP contribution in [0.4, 0.5) is 0 Å². The monoisotopic (exact) mass is 383 g/mol. The van der Waals surface area contributed by atoms with Gasteiger partial charge in [0.1, 0.15) is 6.04 Å². The lowest BCUT2D eigenvalue weighted by molar-refractivity contribution is -0.164. The molecule has 2 aliphatic rings. The smallest absolute Gasteiger partial charge is 0.331 e. The summed E-state index contributed by atoms with van der Waals surface area (Å²) in [7, 11) is 0. The van der Waals surface area contributed by atoms with Crippen molar-refractivity contribution < 1.29 is 19.4 Å². The number of fused-ring (bicyclic) bond motifs is 1. The van der Waals surface area contributed by atoms with Gasteiger partial charge in [-0.3, -0.25) is 4.79 Å². The molecule has 2 heterocycles. The van der Waals surface area contributed by atoms with Crippen molar-refractivity contribution in [2.24, 2.45) is 0 Å². The maximum atomic E-state index is 13.2. The molecule has 4 rings (SSSR count). The number of benzene rings is 2. The fraction of sp³-hybridized carbons (Fsp3) is 0.333. The van der Waals surface area contributed by atoms with E-state index in [0.29, 0.717) is 6.42 Å². The van der Waals surface area contributed by atoms with Gasteiger partial charge in [0.15, 0.2) is 6.10 Å². The summed E-state index contributed by atoms with van der Waals surface area (Å²) >= 11 is 1.48. The first-order chi connectivity index (χ1) is 13.0. The Morgan fingerprint density at radius 1 is 1.19 bits per heavy atom. The van der Waals surface area contributed by atoms with E-state index in [1.807, 2.05) is 67.6 Å². The summed E-state index contributed by atoms with van der Waals surface area (Å²) in [6.45, 7) is 1.62. The Kier molecular flexibility index (Phi) is 4.70. The van der Waals surface area contributed by atoms with Crippen LogP contribution in [0, 0.1) is 0 Å². The highest BCUT2D eigenvalue weighted by atomic mass is 32.2. The molecule has 1 amide bonds. The lowest BCUT2D eigenvalue weighted by Gasteiger charge is -2.38. The van der Waals surface area contributed by atoms with Crippen LogP contribution in [-0.2, 0) is 14.3 Å². The zero-order valence-corrected chi connectivity index (χ0v) is 15.8. The summed E-state index contributed by atoms with van der Waals surface area (Å²) in [6.07, 6.45) is -0.159. The van der Waals surface area contributed by atoms with Gasteiger partial charge in [-0.1, -0.05) is 60.7 Å². The highest BCUT2D eigenvalue weighted by molar-refractivity contribution is 8.01. The Bertz CT molecular complexity index is 804. The van der Waals surface area contributed by atoms with Gasteiger partial charge < -0.3 is 14.7 Å². The molecule has 27 heavy (non-hydrogen) atoms. The number of amides is 1. The molecule has 2 aromatic rings. The number of hydrogen-bond donors (Lipinski definition) is 1. The molecule has 0 aliphatic carbocycles. The number of aliphatic hydroxyl groups excluding tert-OH is 1.